The second kappa shape index (κ2) is 7.01. The number of rotatable bonds is 6. The van der Waals surface area contributed by atoms with Crippen LogP contribution in [-0.4, -0.2) is 60.9 Å². The molecular formula is C13H20N4O4S. The molecule has 0 amide bonds. The van der Waals surface area contributed by atoms with Crippen LogP contribution in [0.25, 0.3) is 0 Å². The summed E-state index contributed by atoms with van der Waals surface area (Å²) in [6, 6.07) is 3.04. The van der Waals surface area contributed by atoms with Crippen LogP contribution in [0.15, 0.2) is 12.1 Å². The van der Waals surface area contributed by atoms with Gasteiger partial charge in [-0.3, -0.25) is 10.1 Å². The average Bonchev–Trinajstić information content (AvgIpc) is 2.44. The molecular weight excluding hydrogens is 308 g/mol. The van der Waals surface area contributed by atoms with E-state index in [1.807, 2.05) is 0 Å². The minimum atomic E-state index is -2.83. The molecule has 1 aromatic rings. The molecule has 0 saturated carbocycles. The molecule has 0 spiro atoms. The fourth-order valence-electron chi connectivity index (χ4n) is 2.34. The predicted octanol–water partition coefficient (Wildman–Crippen LogP) is 0.831. The van der Waals surface area contributed by atoms with Crippen LogP contribution in [0.3, 0.4) is 0 Å². The molecule has 1 N–H and O–H groups in total. The highest BCUT2D eigenvalue weighted by atomic mass is 32.2. The number of anilines is 1. The lowest BCUT2D eigenvalue weighted by Crippen LogP contribution is -2.41. The van der Waals surface area contributed by atoms with Crippen molar-refractivity contribution in [1.82, 2.24) is 9.88 Å². The average molecular weight is 328 g/mol. The molecule has 1 aromatic heterocycles. The Kier molecular flexibility index (Phi) is 5.30. The molecule has 8 nitrogen and oxygen atoms in total. The van der Waals surface area contributed by atoms with E-state index in [4.69, 9.17) is 0 Å². The lowest BCUT2D eigenvalue weighted by molar-refractivity contribution is -0.385. The molecule has 0 unspecified atom stereocenters. The van der Waals surface area contributed by atoms with Crippen LogP contribution in [0.2, 0.25) is 0 Å². The number of aryl methyl sites for hydroxylation is 1. The predicted molar refractivity (Wildman–Crippen MR) is 83.8 cm³/mol. The van der Waals surface area contributed by atoms with Crippen molar-refractivity contribution in [3.63, 3.8) is 0 Å². The van der Waals surface area contributed by atoms with Gasteiger partial charge in [-0.2, -0.15) is 0 Å². The van der Waals surface area contributed by atoms with Crippen molar-refractivity contribution in [3.05, 3.63) is 27.9 Å². The Bertz CT molecular complexity index is 633. The third kappa shape index (κ3) is 4.63. The molecule has 1 aliphatic rings. The molecule has 1 aliphatic heterocycles. The summed E-state index contributed by atoms with van der Waals surface area (Å²) in [4.78, 5) is 16.6. The van der Waals surface area contributed by atoms with Gasteiger partial charge in [-0.05, 0) is 26.0 Å². The number of pyridine rings is 1. The molecule has 9 heteroatoms. The lowest BCUT2D eigenvalue weighted by Gasteiger charge is -2.26. The minimum absolute atomic E-state index is 0.0140. The van der Waals surface area contributed by atoms with Gasteiger partial charge in [0.05, 0.1) is 16.4 Å². The molecule has 0 bridgehead atoms. The number of aromatic nitrogens is 1. The molecule has 22 heavy (non-hydrogen) atoms. The maximum absolute atomic E-state index is 11.3. The summed E-state index contributed by atoms with van der Waals surface area (Å²) >= 11 is 0. The Balaban J connectivity index is 1.73. The van der Waals surface area contributed by atoms with E-state index in [1.54, 1.807) is 13.0 Å². The fourth-order valence-corrected chi connectivity index (χ4v) is 3.61. The van der Waals surface area contributed by atoms with Gasteiger partial charge in [0.15, 0.2) is 9.84 Å². The zero-order chi connectivity index (χ0) is 16.2. The summed E-state index contributed by atoms with van der Waals surface area (Å²) in [6.45, 7) is 4.31. The van der Waals surface area contributed by atoms with E-state index in [1.165, 1.54) is 6.07 Å². The first-order valence-electron chi connectivity index (χ1n) is 7.16. The zero-order valence-corrected chi connectivity index (χ0v) is 13.3. The van der Waals surface area contributed by atoms with Crippen LogP contribution in [0.4, 0.5) is 11.5 Å². The number of nitro groups is 1. The molecule has 0 aromatic carbocycles. The van der Waals surface area contributed by atoms with Crippen LogP contribution in [0.1, 0.15) is 12.1 Å². The highest BCUT2D eigenvalue weighted by Gasteiger charge is 2.20. The Morgan fingerprint density at radius 3 is 2.64 bits per heavy atom. The van der Waals surface area contributed by atoms with Gasteiger partial charge in [-0.1, -0.05) is 0 Å². The van der Waals surface area contributed by atoms with E-state index >= 15 is 0 Å². The van der Waals surface area contributed by atoms with Crippen molar-refractivity contribution in [1.29, 1.82) is 0 Å². The third-order valence-electron chi connectivity index (χ3n) is 3.65. The van der Waals surface area contributed by atoms with E-state index in [2.05, 4.69) is 15.2 Å². The van der Waals surface area contributed by atoms with Crippen molar-refractivity contribution in [2.45, 2.75) is 13.3 Å². The van der Waals surface area contributed by atoms with Gasteiger partial charge < -0.3 is 10.2 Å². The largest absolute Gasteiger partial charge is 0.370 e. The van der Waals surface area contributed by atoms with Crippen molar-refractivity contribution >= 4 is 21.3 Å². The normalized spacial score (nSPS) is 18.0. The smallest absolute Gasteiger partial charge is 0.290 e. The van der Waals surface area contributed by atoms with Gasteiger partial charge in [-0.15, -0.1) is 0 Å². The maximum atomic E-state index is 11.3. The van der Waals surface area contributed by atoms with Gasteiger partial charge in [0.1, 0.15) is 11.5 Å². The van der Waals surface area contributed by atoms with Crippen LogP contribution in [0.5, 0.6) is 0 Å². The first kappa shape index (κ1) is 16.6. The number of nitrogens with one attached hydrogen (secondary N) is 1. The van der Waals surface area contributed by atoms with Crippen LogP contribution < -0.4 is 5.32 Å². The van der Waals surface area contributed by atoms with Crippen molar-refractivity contribution in [2.24, 2.45) is 0 Å². The molecule has 1 saturated heterocycles. The molecule has 2 heterocycles. The molecule has 1 fully saturated rings. The van der Waals surface area contributed by atoms with Gasteiger partial charge in [0.25, 0.3) is 5.69 Å². The van der Waals surface area contributed by atoms with Crippen LogP contribution >= 0.6 is 0 Å². The maximum Gasteiger partial charge on any atom is 0.290 e. The standard InChI is InChI=1S/C13H20N4O4S/c1-11-12(17(18)19)3-4-13(15-11)14-5-2-6-16-7-9-22(20,21)10-8-16/h3-4H,2,5-10H2,1H3,(H,14,15). The highest BCUT2D eigenvalue weighted by molar-refractivity contribution is 7.91. The Labute approximate surface area is 129 Å². The molecule has 2 rings (SSSR count). The van der Waals surface area contributed by atoms with E-state index in [-0.39, 0.29) is 17.2 Å². The SMILES string of the molecule is Cc1nc(NCCCN2CCS(=O)(=O)CC2)ccc1[N+](=O)[O-]. The van der Waals surface area contributed by atoms with Crippen LogP contribution in [0, 0.1) is 17.0 Å². The Hall–Kier alpha value is -1.74. The highest BCUT2D eigenvalue weighted by Crippen LogP contribution is 2.17. The number of hydrogen-bond donors (Lipinski definition) is 1. The quantitative estimate of drug-likeness (QED) is 0.468. The van der Waals surface area contributed by atoms with Crippen molar-refractivity contribution in [3.8, 4) is 0 Å². The van der Waals surface area contributed by atoms with E-state index in [0.717, 1.165) is 13.0 Å². The summed E-state index contributed by atoms with van der Waals surface area (Å²) in [5.74, 6) is 1.09. The zero-order valence-electron chi connectivity index (χ0n) is 12.5. The van der Waals surface area contributed by atoms with Gasteiger partial charge >= 0.3 is 0 Å². The minimum Gasteiger partial charge on any atom is -0.370 e. The monoisotopic (exact) mass is 328 g/mol. The molecule has 122 valence electrons. The van der Waals surface area contributed by atoms with Crippen LogP contribution in [-0.2, 0) is 9.84 Å². The summed E-state index contributed by atoms with van der Waals surface area (Å²) in [7, 11) is -2.83. The summed E-state index contributed by atoms with van der Waals surface area (Å²) in [5, 5.41) is 13.8. The van der Waals surface area contributed by atoms with Gasteiger partial charge in [0.2, 0.25) is 0 Å². The summed E-state index contributed by atoms with van der Waals surface area (Å²) in [6.07, 6.45) is 0.859. The van der Waals surface area contributed by atoms with Gasteiger partial charge in [0, 0.05) is 25.7 Å². The van der Waals surface area contributed by atoms with E-state index < -0.39 is 14.8 Å². The first-order valence-corrected chi connectivity index (χ1v) is 8.98. The number of nitrogens with zero attached hydrogens (tertiary/aromatic N) is 3. The first-order chi connectivity index (χ1) is 10.4. The molecule has 0 radical (unpaired) electrons. The lowest BCUT2D eigenvalue weighted by atomic mass is 10.3. The Morgan fingerprint density at radius 1 is 1.36 bits per heavy atom. The second-order valence-corrected chi connectivity index (χ2v) is 7.64. The molecule has 0 atom stereocenters. The topological polar surface area (TPSA) is 105 Å². The summed E-state index contributed by atoms with van der Waals surface area (Å²) in [5.41, 5.74) is 0.399. The number of hydrogen-bond acceptors (Lipinski definition) is 7. The summed E-state index contributed by atoms with van der Waals surface area (Å²) < 4.78 is 22.6. The fraction of sp³-hybridized carbons (Fsp3) is 0.615. The van der Waals surface area contributed by atoms with Crippen molar-refractivity contribution in [2.75, 3.05) is 43.0 Å². The third-order valence-corrected chi connectivity index (χ3v) is 5.26. The Morgan fingerprint density at radius 2 is 2.05 bits per heavy atom. The second-order valence-electron chi connectivity index (χ2n) is 5.33. The van der Waals surface area contributed by atoms with Gasteiger partial charge in [-0.25, -0.2) is 13.4 Å². The molecule has 0 aliphatic carbocycles. The number of sulfone groups is 1. The van der Waals surface area contributed by atoms with E-state index in [9.17, 15) is 18.5 Å². The van der Waals surface area contributed by atoms with Crippen molar-refractivity contribution < 1.29 is 13.3 Å². The van der Waals surface area contributed by atoms with E-state index in [0.29, 0.717) is 31.1 Å².